The molecule has 0 radical (unpaired) electrons. The van der Waals surface area contributed by atoms with E-state index >= 15 is 0 Å². The molecule has 4 fully saturated rings. The molecule has 4 atom stereocenters. The van der Waals surface area contributed by atoms with Gasteiger partial charge in [0.25, 0.3) is 0 Å². The number of hydrogen-bond donors (Lipinski definition) is 1. The van der Waals surface area contributed by atoms with Gasteiger partial charge in [-0.3, -0.25) is 4.79 Å². The second-order valence-corrected chi connectivity index (χ2v) is 9.20. The Morgan fingerprint density at radius 2 is 1.50 bits per heavy atom. The van der Waals surface area contributed by atoms with Crippen molar-refractivity contribution in [1.29, 1.82) is 0 Å². The number of carbonyl (C=O) groups excluding carboxylic acids is 1. The van der Waals surface area contributed by atoms with Gasteiger partial charge in [-0.2, -0.15) is 0 Å². The van der Waals surface area contributed by atoms with Crippen LogP contribution < -0.4 is 5.32 Å². The summed E-state index contributed by atoms with van der Waals surface area (Å²) in [4.78, 5) is 12.8. The standard InChI is InChI=1S/C24H27NO/c26-22(25-21-9-5-2-6-10-21)16-23-12-18-11-19(13-23)15-24(14-18,17-23)20-7-3-1-4-8-20/h1-10,18-19H,11-17H2,(H,25,26)/t18-,19+,23?,24?. The molecule has 2 aromatic carbocycles. The molecule has 4 aliphatic carbocycles. The number of rotatable bonds is 4. The normalized spacial score (nSPS) is 34.6. The minimum atomic E-state index is 0.196. The second-order valence-electron chi connectivity index (χ2n) is 9.20. The molecule has 2 unspecified atom stereocenters. The number of carbonyl (C=O) groups is 1. The zero-order chi connectivity index (χ0) is 17.6. The predicted molar refractivity (Wildman–Crippen MR) is 105 cm³/mol. The zero-order valence-corrected chi connectivity index (χ0v) is 15.3. The van der Waals surface area contributed by atoms with Crippen molar-refractivity contribution in [2.45, 2.75) is 50.4 Å². The third kappa shape index (κ3) is 2.76. The largest absolute Gasteiger partial charge is 0.326 e. The van der Waals surface area contributed by atoms with Crippen LogP contribution in [0.3, 0.4) is 0 Å². The summed E-state index contributed by atoms with van der Waals surface area (Å²) >= 11 is 0. The van der Waals surface area contributed by atoms with Crippen molar-refractivity contribution in [3.05, 3.63) is 66.2 Å². The van der Waals surface area contributed by atoms with Crippen LogP contribution in [0.25, 0.3) is 0 Å². The van der Waals surface area contributed by atoms with Crippen LogP contribution in [0.4, 0.5) is 5.69 Å². The number of hydrogen-bond acceptors (Lipinski definition) is 1. The molecule has 1 amide bonds. The van der Waals surface area contributed by atoms with Crippen LogP contribution in [0.15, 0.2) is 60.7 Å². The second kappa shape index (κ2) is 5.97. The minimum absolute atomic E-state index is 0.196. The van der Waals surface area contributed by atoms with Crippen molar-refractivity contribution in [3.63, 3.8) is 0 Å². The van der Waals surface area contributed by atoms with Crippen LogP contribution in [0.2, 0.25) is 0 Å². The Balaban J connectivity index is 1.40. The highest BCUT2D eigenvalue weighted by atomic mass is 16.1. The summed E-state index contributed by atoms with van der Waals surface area (Å²) in [6, 6.07) is 21.0. The molecule has 1 N–H and O–H groups in total. The lowest BCUT2D eigenvalue weighted by molar-refractivity contribution is -0.126. The molecule has 134 valence electrons. The maximum absolute atomic E-state index is 12.8. The van der Waals surface area contributed by atoms with Crippen LogP contribution in [0.1, 0.15) is 50.5 Å². The summed E-state index contributed by atoms with van der Waals surface area (Å²) in [5.74, 6) is 1.81. The van der Waals surface area contributed by atoms with Gasteiger partial charge in [-0.25, -0.2) is 0 Å². The third-order valence-electron chi connectivity index (χ3n) is 7.16. The smallest absolute Gasteiger partial charge is 0.224 e. The lowest BCUT2D eigenvalue weighted by Crippen LogP contribution is -2.54. The number of anilines is 1. The van der Waals surface area contributed by atoms with Crippen molar-refractivity contribution < 1.29 is 4.79 Å². The Kier molecular flexibility index (Phi) is 3.70. The van der Waals surface area contributed by atoms with E-state index in [0.29, 0.717) is 11.8 Å². The Hall–Kier alpha value is -2.09. The first-order valence-electron chi connectivity index (χ1n) is 10.1. The number of nitrogens with one attached hydrogen (secondary N) is 1. The van der Waals surface area contributed by atoms with E-state index in [1.165, 1.54) is 44.1 Å². The van der Waals surface area contributed by atoms with Crippen LogP contribution >= 0.6 is 0 Å². The lowest BCUT2D eigenvalue weighted by atomic mass is 9.42. The molecular weight excluding hydrogens is 318 g/mol. The lowest BCUT2D eigenvalue weighted by Gasteiger charge is -2.62. The highest BCUT2D eigenvalue weighted by Crippen LogP contribution is 2.66. The average molecular weight is 345 g/mol. The third-order valence-corrected chi connectivity index (χ3v) is 7.16. The van der Waals surface area contributed by atoms with E-state index in [1.54, 1.807) is 0 Å². The van der Waals surface area contributed by atoms with Gasteiger partial charge in [-0.15, -0.1) is 0 Å². The molecule has 0 aromatic heterocycles. The molecule has 4 bridgehead atoms. The summed E-state index contributed by atoms with van der Waals surface area (Å²) < 4.78 is 0. The van der Waals surface area contributed by atoms with Gasteiger partial charge in [0.1, 0.15) is 0 Å². The highest BCUT2D eigenvalue weighted by molar-refractivity contribution is 5.91. The van der Waals surface area contributed by atoms with E-state index in [-0.39, 0.29) is 11.3 Å². The van der Waals surface area contributed by atoms with Gasteiger partial charge in [-0.1, -0.05) is 48.5 Å². The number of benzene rings is 2. The molecule has 0 spiro atoms. The first kappa shape index (κ1) is 16.1. The molecule has 6 rings (SSSR count). The fourth-order valence-corrected chi connectivity index (χ4v) is 6.86. The molecule has 26 heavy (non-hydrogen) atoms. The molecular formula is C24H27NO. The Morgan fingerprint density at radius 3 is 2.15 bits per heavy atom. The first-order valence-corrected chi connectivity index (χ1v) is 10.1. The molecule has 0 saturated heterocycles. The van der Waals surface area contributed by atoms with E-state index < -0.39 is 0 Å². The van der Waals surface area contributed by atoms with Gasteiger partial charge in [0.05, 0.1) is 0 Å². The van der Waals surface area contributed by atoms with Crippen LogP contribution in [-0.4, -0.2) is 5.91 Å². The molecule has 2 nitrogen and oxygen atoms in total. The molecule has 4 aliphatic rings. The van der Waals surface area contributed by atoms with Gasteiger partial charge in [0.2, 0.25) is 5.91 Å². The molecule has 4 saturated carbocycles. The maximum atomic E-state index is 12.8. The Labute approximate surface area is 156 Å². The fourth-order valence-electron chi connectivity index (χ4n) is 6.86. The van der Waals surface area contributed by atoms with Crippen molar-refractivity contribution in [2.24, 2.45) is 17.3 Å². The fraction of sp³-hybridized carbons (Fsp3) is 0.458. The topological polar surface area (TPSA) is 29.1 Å². The van der Waals surface area contributed by atoms with Crippen molar-refractivity contribution in [1.82, 2.24) is 0 Å². The van der Waals surface area contributed by atoms with Gasteiger partial charge < -0.3 is 5.32 Å². The average Bonchev–Trinajstić information content (AvgIpc) is 2.61. The van der Waals surface area contributed by atoms with Gasteiger partial charge >= 0.3 is 0 Å². The summed E-state index contributed by atoms with van der Waals surface area (Å²) in [5, 5.41) is 3.13. The number of para-hydroxylation sites is 1. The zero-order valence-electron chi connectivity index (χ0n) is 15.3. The van der Waals surface area contributed by atoms with E-state index in [1.807, 2.05) is 30.3 Å². The van der Waals surface area contributed by atoms with E-state index in [9.17, 15) is 4.79 Å². The van der Waals surface area contributed by atoms with E-state index in [4.69, 9.17) is 0 Å². The molecule has 0 aliphatic heterocycles. The van der Waals surface area contributed by atoms with Crippen molar-refractivity contribution in [2.75, 3.05) is 5.32 Å². The highest BCUT2D eigenvalue weighted by Gasteiger charge is 2.58. The molecule has 2 heteroatoms. The van der Waals surface area contributed by atoms with Gasteiger partial charge in [-0.05, 0) is 78.9 Å². The monoisotopic (exact) mass is 345 g/mol. The minimum Gasteiger partial charge on any atom is -0.326 e. The molecule has 0 heterocycles. The quantitative estimate of drug-likeness (QED) is 0.773. The first-order chi connectivity index (χ1) is 12.6. The van der Waals surface area contributed by atoms with Crippen LogP contribution in [-0.2, 0) is 10.2 Å². The maximum Gasteiger partial charge on any atom is 0.224 e. The van der Waals surface area contributed by atoms with Crippen LogP contribution in [0, 0.1) is 17.3 Å². The summed E-state index contributed by atoms with van der Waals surface area (Å²) in [6.07, 6.45) is 8.42. The summed E-state index contributed by atoms with van der Waals surface area (Å²) in [5.41, 5.74) is 2.96. The summed E-state index contributed by atoms with van der Waals surface area (Å²) in [6.45, 7) is 0. The van der Waals surface area contributed by atoms with Gasteiger partial charge in [0.15, 0.2) is 0 Å². The Morgan fingerprint density at radius 1 is 0.885 bits per heavy atom. The summed E-state index contributed by atoms with van der Waals surface area (Å²) in [7, 11) is 0. The van der Waals surface area contributed by atoms with Gasteiger partial charge in [0, 0.05) is 12.1 Å². The predicted octanol–water partition coefficient (Wildman–Crippen LogP) is 5.55. The van der Waals surface area contributed by atoms with E-state index in [2.05, 4.69) is 35.6 Å². The number of amides is 1. The van der Waals surface area contributed by atoms with Crippen molar-refractivity contribution in [3.8, 4) is 0 Å². The van der Waals surface area contributed by atoms with Crippen molar-refractivity contribution >= 4 is 11.6 Å². The SMILES string of the molecule is O=C(CC12C[C@H]3C[C@@H](C1)CC(c1ccccc1)(C3)C2)Nc1ccccc1. The van der Waals surface area contributed by atoms with E-state index in [0.717, 1.165) is 17.5 Å². The Bertz CT molecular complexity index is 783. The molecule has 2 aromatic rings. The van der Waals surface area contributed by atoms with Crippen LogP contribution in [0.5, 0.6) is 0 Å².